The Morgan fingerprint density at radius 2 is 2.00 bits per heavy atom. The van der Waals surface area contributed by atoms with Gasteiger partial charge in [0, 0.05) is 3.92 Å². The molecule has 0 aromatic heterocycles. The molecule has 0 aliphatic heterocycles. The van der Waals surface area contributed by atoms with E-state index in [2.05, 4.69) is 29.5 Å². The summed E-state index contributed by atoms with van der Waals surface area (Å²) in [6.07, 6.45) is 0. The third kappa shape index (κ3) is 15.3. The lowest BCUT2D eigenvalue weighted by Gasteiger charge is -1.76. The molecular formula is C3H6I. The van der Waals surface area contributed by atoms with Gasteiger partial charge >= 0.3 is 0 Å². The fourth-order valence-electron chi connectivity index (χ4n) is 0. The minimum Gasteiger partial charge on any atom is -0.0829 e. The molecule has 0 spiro atoms. The van der Waals surface area contributed by atoms with Crippen LogP contribution in [0.5, 0.6) is 0 Å². The summed E-state index contributed by atoms with van der Waals surface area (Å²) in [6, 6.07) is 0. The maximum atomic E-state index is 3.63. The molecule has 0 nitrogen and oxygen atoms in total. The molecule has 0 aliphatic rings. The first-order chi connectivity index (χ1) is 1.73. The van der Waals surface area contributed by atoms with Gasteiger partial charge in [-0.25, -0.2) is 0 Å². The molecule has 4 heavy (non-hydrogen) atoms. The number of halogens is 1. The molecule has 1 heteroatoms. The maximum absolute atomic E-state index is 3.63. The van der Waals surface area contributed by atoms with Crippen LogP contribution in [0.2, 0.25) is 0 Å². The Bertz CT molecular complexity index is 8.00. The minimum absolute atomic E-state index is 0.553. The van der Waals surface area contributed by atoms with Crippen molar-refractivity contribution < 1.29 is 0 Å². The fourth-order valence-corrected chi connectivity index (χ4v) is 0. The van der Waals surface area contributed by atoms with Gasteiger partial charge in [0.05, 0.1) is 0 Å². The van der Waals surface area contributed by atoms with Gasteiger partial charge in [-0.2, -0.15) is 0 Å². The predicted molar refractivity (Wildman–Crippen MR) is 28.8 cm³/mol. The SMILES string of the molecule is [CH2]C(C)I. The zero-order valence-electron chi connectivity index (χ0n) is 2.66. The van der Waals surface area contributed by atoms with Gasteiger partial charge in [0.15, 0.2) is 0 Å². The lowest BCUT2D eigenvalue weighted by Crippen LogP contribution is -1.70. The summed E-state index contributed by atoms with van der Waals surface area (Å²) in [7, 11) is 0. The van der Waals surface area contributed by atoms with Crippen molar-refractivity contribution >= 4 is 22.6 Å². The molecule has 1 unspecified atom stereocenters. The number of alkyl halides is 1. The quantitative estimate of drug-likeness (QED) is 0.382. The van der Waals surface area contributed by atoms with E-state index in [4.69, 9.17) is 0 Å². The smallest absolute Gasteiger partial charge is 0.00816 e. The van der Waals surface area contributed by atoms with Gasteiger partial charge in [0.2, 0.25) is 0 Å². The molecular weight excluding hydrogens is 163 g/mol. The summed E-state index contributed by atoms with van der Waals surface area (Å²) >= 11 is 2.23. The Morgan fingerprint density at radius 3 is 2.00 bits per heavy atom. The van der Waals surface area contributed by atoms with Crippen LogP contribution < -0.4 is 0 Å². The van der Waals surface area contributed by atoms with Crippen LogP contribution in [0.15, 0.2) is 0 Å². The van der Waals surface area contributed by atoms with Crippen LogP contribution >= 0.6 is 22.6 Å². The second-order valence-electron chi connectivity index (χ2n) is 0.781. The molecule has 0 aromatic carbocycles. The van der Waals surface area contributed by atoms with E-state index in [9.17, 15) is 0 Å². The van der Waals surface area contributed by atoms with Crippen LogP contribution in [0.4, 0.5) is 0 Å². The molecule has 0 bridgehead atoms. The highest BCUT2D eigenvalue weighted by atomic mass is 127. The van der Waals surface area contributed by atoms with Gasteiger partial charge in [-0.3, -0.25) is 0 Å². The Hall–Kier alpha value is 0.730. The minimum atomic E-state index is 0.553. The topological polar surface area (TPSA) is 0 Å². The first kappa shape index (κ1) is 4.73. The Morgan fingerprint density at radius 1 is 2.00 bits per heavy atom. The van der Waals surface area contributed by atoms with Crippen LogP contribution in [-0.2, 0) is 0 Å². The van der Waals surface area contributed by atoms with E-state index >= 15 is 0 Å². The van der Waals surface area contributed by atoms with Crippen molar-refractivity contribution in [3.63, 3.8) is 0 Å². The molecule has 0 N–H and O–H groups in total. The normalized spacial score (nSPS) is 9.00. The van der Waals surface area contributed by atoms with Crippen molar-refractivity contribution in [1.29, 1.82) is 0 Å². The van der Waals surface area contributed by atoms with Crippen molar-refractivity contribution in [2.45, 2.75) is 10.8 Å². The average Bonchev–Trinajstić information content (AvgIpc) is 0.811. The highest BCUT2D eigenvalue weighted by molar-refractivity contribution is 14.1. The molecule has 0 aromatic rings. The lowest BCUT2D eigenvalue weighted by atomic mass is 10.6. The van der Waals surface area contributed by atoms with Gasteiger partial charge in [-0.05, 0) is 6.92 Å². The summed E-state index contributed by atoms with van der Waals surface area (Å²) in [5.74, 6) is 0. The Balaban J connectivity index is 2.32. The highest BCUT2D eigenvalue weighted by Gasteiger charge is 1.71. The van der Waals surface area contributed by atoms with Crippen molar-refractivity contribution in [3.05, 3.63) is 6.92 Å². The molecule has 1 radical (unpaired) electrons. The first-order valence-corrected chi connectivity index (χ1v) is 2.45. The lowest BCUT2D eigenvalue weighted by molar-refractivity contribution is 1.30. The summed E-state index contributed by atoms with van der Waals surface area (Å²) in [4.78, 5) is 0. The molecule has 0 saturated carbocycles. The third-order valence-electron chi connectivity index (χ3n) is 0. The van der Waals surface area contributed by atoms with Gasteiger partial charge in [-0.15, -0.1) is 0 Å². The van der Waals surface area contributed by atoms with Crippen molar-refractivity contribution in [1.82, 2.24) is 0 Å². The number of hydrogen-bond donors (Lipinski definition) is 0. The highest BCUT2D eigenvalue weighted by Crippen LogP contribution is 1.90. The zero-order valence-corrected chi connectivity index (χ0v) is 4.82. The average molecular weight is 169 g/mol. The molecule has 1 atom stereocenters. The van der Waals surface area contributed by atoms with Crippen LogP contribution in [0.25, 0.3) is 0 Å². The monoisotopic (exact) mass is 169 g/mol. The van der Waals surface area contributed by atoms with E-state index < -0.39 is 0 Å². The predicted octanol–water partition coefficient (Wildman–Crippen LogP) is 1.64. The Kier molecular flexibility index (Phi) is 2.36. The molecule has 0 fully saturated rings. The van der Waals surface area contributed by atoms with Crippen molar-refractivity contribution in [2.24, 2.45) is 0 Å². The van der Waals surface area contributed by atoms with E-state index in [0.29, 0.717) is 3.92 Å². The molecule has 0 amide bonds. The van der Waals surface area contributed by atoms with E-state index in [0.717, 1.165) is 0 Å². The first-order valence-electron chi connectivity index (χ1n) is 1.20. The summed E-state index contributed by atoms with van der Waals surface area (Å²) < 4.78 is 0.553. The summed E-state index contributed by atoms with van der Waals surface area (Å²) in [6.45, 7) is 5.67. The number of hydrogen-bond acceptors (Lipinski definition) is 0. The van der Waals surface area contributed by atoms with Gasteiger partial charge in [0.1, 0.15) is 0 Å². The Labute approximate surface area is 40.7 Å². The van der Waals surface area contributed by atoms with Gasteiger partial charge in [0.25, 0.3) is 0 Å². The van der Waals surface area contributed by atoms with E-state index in [1.807, 2.05) is 6.92 Å². The maximum Gasteiger partial charge on any atom is 0.00816 e. The van der Waals surface area contributed by atoms with Crippen LogP contribution in [0.3, 0.4) is 0 Å². The van der Waals surface area contributed by atoms with E-state index in [-0.39, 0.29) is 0 Å². The summed E-state index contributed by atoms with van der Waals surface area (Å²) in [5.41, 5.74) is 0. The van der Waals surface area contributed by atoms with Crippen LogP contribution in [0.1, 0.15) is 6.92 Å². The second kappa shape index (κ2) is 2.00. The van der Waals surface area contributed by atoms with Crippen LogP contribution in [-0.4, -0.2) is 3.92 Å². The van der Waals surface area contributed by atoms with E-state index in [1.165, 1.54) is 0 Å². The molecule has 0 rings (SSSR count). The van der Waals surface area contributed by atoms with Gasteiger partial charge < -0.3 is 0 Å². The van der Waals surface area contributed by atoms with E-state index in [1.54, 1.807) is 0 Å². The fraction of sp³-hybridized carbons (Fsp3) is 0.667. The molecule has 0 aliphatic carbocycles. The molecule has 25 valence electrons. The van der Waals surface area contributed by atoms with Gasteiger partial charge in [-0.1, -0.05) is 29.5 Å². The number of rotatable bonds is 0. The third-order valence-corrected chi connectivity index (χ3v) is 0. The zero-order chi connectivity index (χ0) is 3.58. The summed E-state index contributed by atoms with van der Waals surface area (Å²) in [5, 5.41) is 0. The van der Waals surface area contributed by atoms with Crippen molar-refractivity contribution in [3.8, 4) is 0 Å². The largest absolute Gasteiger partial charge is 0.0829 e. The molecule has 0 saturated heterocycles. The second-order valence-corrected chi connectivity index (χ2v) is 2.91. The molecule has 0 heterocycles. The van der Waals surface area contributed by atoms with Crippen LogP contribution in [0, 0.1) is 6.92 Å². The standard InChI is InChI=1S/C3H6I/c1-3(2)4/h3H,1H2,2H3. The van der Waals surface area contributed by atoms with Crippen molar-refractivity contribution in [2.75, 3.05) is 0 Å².